The number of rotatable bonds is 13. The lowest BCUT2D eigenvalue weighted by Gasteiger charge is -2.36. The van der Waals surface area contributed by atoms with Crippen molar-refractivity contribution in [2.75, 3.05) is 80.2 Å². The van der Waals surface area contributed by atoms with Gasteiger partial charge in [0.25, 0.3) is 0 Å². The van der Waals surface area contributed by atoms with Crippen LogP contribution in [0.4, 0.5) is 5.69 Å². The van der Waals surface area contributed by atoms with Crippen LogP contribution in [0.2, 0.25) is 0 Å². The molecule has 1 aliphatic heterocycles. The van der Waals surface area contributed by atoms with Gasteiger partial charge in [-0.3, -0.25) is 0 Å². The lowest BCUT2D eigenvalue weighted by molar-refractivity contribution is 0.354. The van der Waals surface area contributed by atoms with Crippen LogP contribution >= 0.6 is 0 Å². The Bertz CT molecular complexity index is 1670. The number of benzene rings is 3. The zero-order valence-corrected chi connectivity index (χ0v) is 27.4. The fourth-order valence-electron chi connectivity index (χ4n) is 4.99. The van der Waals surface area contributed by atoms with Crippen LogP contribution in [0.15, 0.2) is 64.4 Å². The summed E-state index contributed by atoms with van der Waals surface area (Å²) >= 11 is 0. The van der Waals surface area contributed by atoms with E-state index < -0.39 is 20.0 Å². The van der Waals surface area contributed by atoms with Gasteiger partial charge in [0.05, 0.1) is 46.1 Å². The molecule has 0 aromatic heterocycles. The van der Waals surface area contributed by atoms with Gasteiger partial charge in [0, 0.05) is 45.8 Å². The Hall–Kier alpha value is -3.72. The molecule has 0 atom stereocenters. The van der Waals surface area contributed by atoms with E-state index >= 15 is 0 Å². The first-order valence-electron chi connectivity index (χ1n) is 13.8. The van der Waals surface area contributed by atoms with E-state index in [1.807, 2.05) is 17.0 Å². The first kappa shape index (κ1) is 33.2. The fourth-order valence-corrected chi connectivity index (χ4v) is 7.78. The summed E-state index contributed by atoms with van der Waals surface area (Å²) in [6.07, 6.45) is 0.466. The SMILES string of the molecule is COc1ccc(OC)c(S(=O)(=O)N2CCN(c3cc(S(=O)(=O)N(C)CCc4ccc(OC)c(OC)c4)ccc3OC)CC2)c1. The molecule has 3 aromatic rings. The van der Waals surface area contributed by atoms with E-state index in [4.69, 9.17) is 23.7 Å². The number of anilines is 1. The van der Waals surface area contributed by atoms with Crippen molar-refractivity contribution in [2.45, 2.75) is 16.2 Å². The molecule has 0 spiro atoms. The first-order valence-corrected chi connectivity index (χ1v) is 16.7. The molecule has 14 heteroatoms. The van der Waals surface area contributed by atoms with Crippen LogP contribution in [-0.2, 0) is 26.5 Å². The maximum absolute atomic E-state index is 13.6. The van der Waals surface area contributed by atoms with E-state index in [-0.39, 0.29) is 35.2 Å². The molecule has 44 heavy (non-hydrogen) atoms. The summed E-state index contributed by atoms with van der Waals surface area (Å²) in [5, 5.41) is 0. The van der Waals surface area contributed by atoms with E-state index in [0.29, 0.717) is 48.2 Å². The quantitative estimate of drug-likeness (QED) is 0.273. The van der Waals surface area contributed by atoms with Crippen molar-refractivity contribution in [3.05, 3.63) is 60.2 Å². The average Bonchev–Trinajstić information content (AvgIpc) is 3.06. The van der Waals surface area contributed by atoms with Crippen LogP contribution in [0.1, 0.15) is 5.56 Å². The van der Waals surface area contributed by atoms with Gasteiger partial charge in [0.15, 0.2) is 11.5 Å². The predicted octanol–water partition coefficient (Wildman–Crippen LogP) is 3.10. The van der Waals surface area contributed by atoms with Gasteiger partial charge in [-0.25, -0.2) is 21.1 Å². The Morgan fingerprint density at radius 3 is 1.91 bits per heavy atom. The molecular weight excluding hydrogens is 610 g/mol. The lowest BCUT2D eigenvalue weighted by atomic mass is 10.1. The highest BCUT2D eigenvalue weighted by Gasteiger charge is 2.33. The third kappa shape index (κ3) is 6.83. The summed E-state index contributed by atoms with van der Waals surface area (Å²) in [5.41, 5.74) is 1.47. The molecule has 0 N–H and O–H groups in total. The summed E-state index contributed by atoms with van der Waals surface area (Å²) in [4.78, 5) is 2.06. The lowest BCUT2D eigenvalue weighted by Crippen LogP contribution is -2.48. The Morgan fingerprint density at radius 2 is 1.30 bits per heavy atom. The van der Waals surface area contributed by atoms with Crippen LogP contribution < -0.4 is 28.6 Å². The molecule has 4 rings (SSSR count). The van der Waals surface area contributed by atoms with E-state index in [0.717, 1.165) is 5.56 Å². The van der Waals surface area contributed by atoms with Crippen molar-refractivity contribution in [3.8, 4) is 28.7 Å². The zero-order chi connectivity index (χ0) is 32.1. The van der Waals surface area contributed by atoms with Gasteiger partial charge in [0.1, 0.15) is 22.1 Å². The molecule has 1 saturated heterocycles. The van der Waals surface area contributed by atoms with E-state index in [9.17, 15) is 16.8 Å². The molecule has 0 saturated carbocycles. The van der Waals surface area contributed by atoms with Crippen LogP contribution in [0.25, 0.3) is 0 Å². The van der Waals surface area contributed by atoms with E-state index in [2.05, 4.69) is 0 Å². The maximum Gasteiger partial charge on any atom is 0.247 e. The van der Waals surface area contributed by atoms with Gasteiger partial charge in [-0.2, -0.15) is 4.31 Å². The smallest absolute Gasteiger partial charge is 0.247 e. The minimum Gasteiger partial charge on any atom is -0.497 e. The number of hydrogen-bond acceptors (Lipinski definition) is 10. The molecule has 1 aliphatic rings. The van der Waals surface area contributed by atoms with Gasteiger partial charge in [-0.05, 0) is 54.4 Å². The average molecular weight is 650 g/mol. The largest absolute Gasteiger partial charge is 0.497 e. The monoisotopic (exact) mass is 649 g/mol. The van der Waals surface area contributed by atoms with Crippen molar-refractivity contribution in [2.24, 2.45) is 0 Å². The first-order chi connectivity index (χ1) is 21.0. The highest BCUT2D eigenvalue weighted by molar-refractivity contribution is 7.89. The van der Waals surface area contributed by atoms with Crippen molar-refractivity contribution in [3.63, 3.8) is 0 Å². The Kier molecular flexibility index (Phi) is 10.5. The molecule has 1 fully saturated rings. The summed E-state index contributed by atoms with van der Waals surface area (Å²) in [6.45, 7) is 1.23. The molecule has 240 valence electrons. The van der Waals surface area contributed by atoms with Crippen LogP contribution in [-0.4, -0.2) is 101 Å². The van der Waals surface area contributed by atoms with Gasteiger partial charge in [0.2, 0.25) is 20.0 Å². The molecular formula is C30H39N3O9S2. The van der Waals surface area contributed by atoms with E-state index in [1.165, 1.54) is 49.1 Å². The molecule has 0 amide bonds. The van der Waals surface area contributed by atoms with Crippen molar-refractivity contribution < 1.29 is 40.5 Å². The van der Waals surface area contributed by atoms with Gasteiger partial charge in [-0.1, -0.05) is 6.07 Å². The summed E-state index contributed by atoms with van der Waals surface area (Å²) < 4.78 is 83.7. The standard InChI is InChI=1S/C30H39N3O9S2/c1-31(14-13-22-7-10-27(40-4)29(19-22)42-6)43(34,35)24-9-12-26(39-3)25(21-24)32-15-17-33(18-16-32)44(36,37)30-20-23(38-2)8-11-28(30)41-5/h7-12,19-21H,13-18H2,1-6H3. The van der Waals surface area contributed by atoms with Crippen LogP contribution in [0.5, 0.6) is 28.7 Å². The topological polar surface area (TPSA) is 124 Å². The molecule has 0 radical (unpaired) electrons. The minimum absolute atomic E-state index is 0.0228. The third-order valence-corrected chi connectivity index (χ3v) is 11.4. The highest BCUT2D eigenvalue weighted by Crippen LogP contribution is 2.35. The Labute approximate surface area is 259 Å². The number of sulfonamides is 2. The second kappa shape index (κ2) is 13.9. The highest BCUT2D eigenvalue weighted by atomic mass is 32.2. The van der Waals surface area contributed by atoms with Gasteiger partial charge < -0.3 is 28.6 Å². The number of hydrogen-bond donors (Lipinski definition) is 0. The summed E-state index contributed by atoms with van der Waals surface area (Å²) in [6, 6.07) is 14.8. The summed E-state index contributed by atoms with van der Waals surface area (Å²) in [5.74, 6) is 2.29. The zero-order valence-electron chi connectivity index (χ0n) is 25.8. The number of nitrogens with zero attached hydrogens (tertiary/aromatic N) is 3. The second-order valence-electron chi connectivity index (χ2n) is 10.0. The Balaban J connectivity index is 1.50. The second-order valence-corrected chi connectivity index (χ2v) is 14.0. The fraction of sp³-hybridized carbons (Fsp3) is 0.400. The number of methoxy groups -OCH3 is 5. The van der Waals surface area contributed by atoms with Gasteiger partial charge in [-0.15, -0.1) is 0 Å². The molecule has 12 nitrogen and oxygen atoms in total. The molecule has 0 bridgehead atoms. The molecule has 0 unspecified atom stereocenters. The van der Waals surface area contributed by atoms with Crippen LogP contribution in [0, 0.1) is 0 Å². The van der Waals surface area contributed by atoms with Crippen molar-refractivity contribution in [1.82, 2.24) is 8.61 Å². The predicted molar refractivity (Wildman–Crippen MR) is 167 cm³/mol. The van der Waals surface area contributed by atoms with Crippen molar-refractivity contribution >= 4 is 25.7 Å². The maximum atomic E-state index is 13.6. The van der Waals surface area contributed by atoms with Gasteiger partial charge >= 0.3 is 0 Å². The third-order valence-electron chi connectivity index (χ3n) is 7.59. The molecule has 3 aromatic carbocycles. The number of piperazine rings is 1. The molecule has 1 heterocycles. The minimum atomic E-state index is -3.89. The Morgan fingerprint density at radius 1 is 0.682 bits per heavy atom. The van der Waals surface area contributed by atoms with E-state index in [1.54, 1.807) is 44.6 Å². The molecule has 0 aliphatic carbocycles. The van der Waals surface area contributed by atoms with Crippen molar-refractivity contribution in [1.29, 1.82) is 0 Å². The van der Waals surface area contributed by atoms with Crippen LogP contribution in [0.3, 0.4) is 0 Å². The number of ether oxygens (including phenoxy) is 5. The number of likely N-dealkylation sites (N-methyl/N-ethyl adjacent to an activating group) is 1. The normalized spacial score (nSPS) is 14.4. The summed E-state index contributed by atoms with van der Waals surface area (Å²) in [7, 11) is 1.31.